The van der Waals surface area contributed by atoms with Crippen LogP contribution in [0.4, 0.5) is 23.2 Å². The number of nitrogens with one attached hydrogen (secondary N) is 2. The van der Waals surface area contributed by atoms with Crippen LogP contribution in [0.25, 0.3) is 0 Å². The summed E-state index contributed by atoms with van der Waals surface area (Å²) in [5, 5.41) is 4.89. The molecule has 0 aliphatic carbocycles. The zero-order valence-corrected chi connectivity index (χ0v) is 11.3. The number of hydrogen-bond donors (Lipinski definition) is 2. The second-order valence-corrected chi connectivity index (χ2v) is 4.48. The minimum Gasteiger partial charge on any atom is -0.374 e. The van der Waals surface area contributed by atoms with Crippen LogP contribution >= 0.6 is 0 Å². The third kappa shape index (κ3) is 3.97. The number of anilines is 1. The van der Waals surface area contributed by atoms with Crippen molar-refractivity contribution in [3.05, 3.63) is 65.2 Å². The van der Waals surface area contributed by atoms with Crippen molar-refractivity contribution in [2.75, 3.05) is 11.9 Å². The number of amides is 1. The molecule has 2 aromatic carbocycles. The van der Waals surface area contributed by atoms with E-state index in [2.05, 4.69) is 10.6 Å². The monoisotopic (exact) mass is 312 g/mol. The van der Waals surface area contributed by atoms with Gasteiger partial charge >= 0.3 is 0 Å². The predicted octanol–water partition coefficient (Wildman–Crippen LogP) is 2.97. The Morgan fingerprint density at radius 1 is 0.909 bits per heavy atom. The molecule has 0 saturated heterocycles. The number of halogens is 4. The first kappa shape index (κ1) is 15.8. The van der Waals surface area contributed by atoms with E-state index in [4.69, 9.17) is 0 Å². The van der Waals surface area contributed by atoms with Gasteiger partial charge in [-0.25, -0.2) is 17.6 Å². The van der Waals surface area contributed by atoms with Gasteiger partial charge in [-0.2, -0.15) is 0 Å². The van der Waals surface area contributed by atoms with Gasteiger partial charge < -0.3 is 10.6 Å². The Morgan fingerprint density at radius 3 is 2.27 bits per heavy atom. The number of carbonyl (C=O) groups is 1. The normalized spacial score (nSPS) is 10.4. The minimum atomic E-state index is -1.60. The van der Waals surface area contributed by atoms with Gasteiger partial charge in [-0.15, -0.1) is 0 Å². The van der Waals surface area contributed by atoms with E-state index in [1.807, 2.05) is 0 Å². The maximum atomic E-state index is 13.4. The maximum Gasteiger partial charge on any atom is 0.239 e. The largest absolute Gasteiger partial charge is 0.374 e. The summed E-state index contributed by atoms with van der Waals surface area (Å²) < 4.78 is 51.8. The Bertz CT molecular complexity index is 674. The van der Waals surface area contributed by atoms with E-state index >= 15 is 0 Å². The van der Waals surface area contributed by atoms with Gasteiger partial charge in [0.15, 0.2) is 17.5 Å². The Balaban J connectivity index is 1.85. The van der Waals surface area contributed by atoms with Gasteiger partial charge in [0.1, 0.15) is 5.82 Å². The topological polar surface area (TPSA) is 41.1 Å². The fourth-order valence-corrected chi connectivity index (χ4v) is 1.70. The third-order valence-corrected chi connectivity index (χ3v) is 2.88. The molecule has 22 heavy (non-hydrogen) atoms. The van der Waals surface area contributed by atoms with Crippen molar-refractivity contribution in [1.29, 1.82) is 0 Å². The molecule has 0 bridgehead atoms. The fraction of sp³-hybridized carbons (Fsp3) is 0.133. The molecule has 0 spiro atoms. The summed E-state index contributed by atoms with van der Waals surface area (Å²) in [5.41, 5.74) is 0.379. The summed E-state index contributed by atoms with van der Waals surface area (Å²) in [4.78, 5) is 11.6. The van der Waals surface area contributed by atoms with E-state index < -0.39 is 23.4 Å². The van der Waals surface area contributed by atoms with Crippen molar-refractivity contribution in [1.82, 2.24) is 5.32 Å². The number of hydrogen-bond acceptors (Lipinski definition) is 2. The lowest BCUT2D eigenvalue weighted by Crippen LogP contribution is -2.29. The van der Waals surface area contributed by atoms with Crippen LogP contribution in [0.3, 0.4) is 0 Å². The molecule has 0 saturated carbocycles. The first-order valence-electron chi connectivity index (χ1n) is 6.36. The number of benzene rings is 2. The first-order valence-corrected chi connectivity index (χ1v) is 6.36. The van der Waals surface area contributed by atoms with Gasteiger partial charge in [-0.05, 0) is 29.8 Å². The Labute approximate surface area is 124 Å². The Hall–Kier alpha value is -2.57. The quantitative estimate of drug-likeness (QED) is 0.658. The zero-order chi connectivity index (χ0) is 16.1. The van der Waals surface area contributed by atoms with Crippen LogP contribution in [0.2, 0.25) is 0 Å². The molecule has 0 fully saturated rings. The van der Waals surface area contributed by atoms with Crippen LogP contribution in [0.15, 0.2) is 36.4 Å². The van der Waals surface area contributed by atoms with Crippen LogP contribution < -0.4 is 10.6 Å². The van der Waals surface area contributed by atoms with Crippen molar-refractivity contribution >= 4 is 11.6 Å². The molecule has 0 atom stereocenters. The summed E-state index contributed by atoms with van der Waals surface area (Å²) in [7, 11) is 0. The first-order chi connectivity index (χ1) is 10.5. The van der Waals surface area contributed by atoms with Crippen molar-refractivity contribution in [2.24, 2.45) is 0 Å². The molecular weight excluding hydrogens is 300 g/mol. The summed E-state index contributed by atoms with van der Waals surface area (Å²) in [6.45, 7) is -0.149. The van der Waals surface area contributed by atoms with Crippen LogP contribution in [0.5, 0.6) is 0 Å². The highest BCUT2D eigenvalue weighted by Gasteiger charge is 2.13. The van der Waals surface area contributed by atoms with E-state index in [9.17, 15) is 22.4 Å². The van der Waals surface area contributed by atoms with Crippen molar-refractivity contribution in [3.8, 4) is 0 Å². The van der Waals surface area contributed by atoms with Gasteiger partial charge in [0.2, 0.25) is 5.91 Å². The molecule has 1 amide bonds. The van der Waals surface area contributed by atoms with Crippen molar-refractivity contribution in [3.63, 3.8) is 0 Å². The van der Waals surface area contributed by atoms with E-state index in [0.29, 0.717) is 5.56 Å². The SMILES string of the molecule is O=C(CNc1ccc(F)c(F)c1F)NCc1ccc(F)cc1. The van der Waals surface area contributed by atoms with Crippen LogP contribution in [0.1, 0.15) is 5.56 Å². The molecule has 7 heteroatoms. The molecule has 0 aromatic heterocycles. The van der Waals surface area contributed by atoms with E-state index in [1.165, 1.54) is 24.3 Å². The summed E-state index contributed by atoms with van der Waals surface area (Å²) in [5.74, 6) is -5.15. The van der Waals surface area contributed by atoms with Crippen LogP contribution in [-0.4, -0.2) is 12.5 Å². The average Bonchev–Trinajstić information content (AvgIpc) is 2.51. The lowest BCUT2D eigenvalue weighted by atomic mass is 10.2. The molecule has 3 nitrogen and oxygen atoms in total. The molecule has 0 heterocycles. The van der Waals surface area contributed by atoms with Crippen LogP contribution in [0, 0.1) is 23.3 Å². The third-order valence-electron chi connectivity index (χ3n) is 2.88. The van der Waals surface area contributed by atoms with E-state index in [1.54, 1.807) is 0 Å². The van der Waals surface area contributed by atoms with Gasteiger partial charge in [-0.3, -0.25) is 4.79 Å². The van der Waals surface area contributed by atoms with Crippen LogP contribution in [-0.2, 0) is 11.3 Å². The molecule has 0 aliphatic rings. The zero-order valence-electron chi connectivity index (χ0n) is 11.3. The van der Waals surface area contributed by atoms with E-state index in [0.717, 1.165) is 12.1 Å². The second-order valence-electron chi connectivity index (χ2n) is 4.48. The van der Waals surface area contributed by atoms with Crippen molar-refractivity contribution < 1.29 is 22.4 Å². The lowest BCUT2D eigenvalue weighted by Gasteiger charge is -2.09. The molecule has 0 aliphatic heterocycles. The summed E-state index contributed by atoms with van der Waals surface area (Å²) in [6, 6.07) is 7.31. The highest BCUT2D eigenvalue weighted by molar-refractivity contribution is 5.80. The molecule has 0 unspecified atom stereocenters. The molecule has 2 rings (SSSR count). The standard InChI is InChI=1S/C15H12F4N2O/c16-10-3-1-9(2-4-10)7-21-13(22)8-20-12-6-5-11(17)14(18)15(12)19/h1-6,20H,7-8H2,(H,21,22). The lowest BCUT2D eigenvalue weighted by molar-refractivity contribution is -0.119. The Morgan fingerprint density at radius 2 is 1.59 bits per heavy atom. The highest BCUT2D eigenvalue weighted by Crippen LogP contribution is 2.19. The fourth-order valence-electron chi connectivity index (χ4n) is 1.70. The molecular formula is C15H12F4N2O. The molecule has 2 aromatic rings. The minimum absolute atomic E-state index is 0.168. The number of rotatable bonds is 5. The highest BCUT2D eigenvalue weighted by atomic mass is 19.2. The molecule has 0 radical (unpaired) electrons. The maximum absolute atomic E-state index is 13.4. The van der Waals surface area contributed by atoms with Gasteiger partial charge in [0.25, 0.3) is 0 Å². The van der Waals surface area contributed by atoms with Gasteiger partial charge in [-0.1, -0.05) is 12.1 Å². The smallest absolute Gasteiger partial charge is 0.239 e. The predicted molar refractivity (Wildman–Crippen MR) is 73.1 cm³/mol. The Kier molecular flexibility index (Phi) is 4.98. The average molecular weight is 312 g/mol. The van der Waals surface area contributed by atoms with E-state index in [-0.39, 0.29) is 24.6 Å². The molecule has 2 N–H and O–H groups in total. The second kappa shape index (κ2) is 6.93. The summed E-state index contributed by atoms with van der Waals surface area (Å²) >= 11 is 0. The van der Waals surface area contributed by atoms with Gasteiger partial charge in [0, 0.05) is 6.54 Å². The number of carbonyl (C=O) groups excluding carboxylic acids is 1. The van der Waals surface area contributed by atoms with Gasteiger partial charge in [0.05, 0.1) is 12.2 Å². The summed E-state index contributed by atoms with van der Waals surface area (Å²) in [6.07, 6.45) is 0. The molecule has 116 valence electrons. The van der Waals surface area contributed by atoms with Crippen molar-refractivity contribution in [2.45, 2.75) is 6.54 Å².